The zero-order chi connectivity index (χ0) is 22.0. The molecule has 0 radical (unpaired) electrons. The highest BCUT2D eigenvalue weighted by Gasteiger charge is 2.17. The Hall–Kier alpha value is -3.56. The number of fused-ring (bicyclic) bond motifs is 1. The Labute approximate surface area is 178 Å². The molecule has 0 amide bonds. The fourth-order valence-corrected chi connectivity index (χ4v) is 3.31. The highest BCUT2D eigenvalue weighted by atomic mass is 19.1. The summed E-state index contributed by atoms with van der Waals surface area (Å²) in [6, 6.07) is 9.70. The van der Waals surface area contributed by atoms with Crippen molar-refractivity contribution < 1.29 is 19.3 Å². The quantitative estimate of drug-likeness (QED) is 0.472. The van der Waals surface area contributed by atoms with Gasteiger partial charge in [0, 0.05) is 42.3 Å². The van der Waals surface area contributed by atoms with Crippen molar-refractivity contribution in [2.24, 2.45) is 7.05 Å². The molecule has 4 rings (SSSR count). The number of hydrogen-bond acceptors (Lipinski definition) is 7. The van der Waals surface area contributed by atoms with E-state index in [1.807, 2.05) is 25.4 Å². The minimum absolute atomic E-state index is 0.0460. The number of benzene rings is 2. The number of anilines is 2. The highest BCUT2D eigenvalue weighted by Crippen LogP contribution is 2.31. The molecule has 0 unspecified atom stereocenters. The summed E-state index contributed by atoms with van der Waals surface area (Å²) in [4.78, 5) is 10.9. The van der Waals surface area contributed by atoms with Gasteiger partial charge in [0.05, 0.1) is 55.5 Å². The minimum Gasteiger partial charge on any atom is -0.497 e. The Morgan fingerprint density at radius 2 is 1.97 bits per heavy atom. The van der Waals surface area contributed by atoms with Gasteiger partial charge in [0.1, 0.15) is 11.6 Å². The van der Waals surface area contributed by atoms with E-state index in [4.69, 9.17) is 9.72 Å². The molecule has 0 saturated carbocycles. The van der Waals surface area contributed by atoms with E-state index in [9.17, 15) is 14.6 Å². The zero-order valence-electron chi connectivity index (χ0n) is 17.1. The van der Waals surface area contributed by atoms with Gasteiger partial charge in [0.15, 0.2) is 0 Å². The standard InChI is InChI=1S/C22H22FN5O3/c1-27-11-14(9-25-27)22-10-24-20-4-3-16(8-21(20)26-22)28(12-18(30)13-29)17-5-15(23)6-19(7-17)31-2/h3-11,18,29-30H,12-13H2,1-2H3/t18-/m1/s1. The van der Waals surface area contributed by atoms with Gasteiger partial charge >= 0.3 is 0 Å². The van der Waals surface area contributed by atoms with Gasteiger partial charge in [0.2, 0.25) is 0 Å². The van der Waals surface area contributed by atoms with Gasteiger partial charge < -0.3 is 19.8 Å². The number of ether oxygens (including phenoxy) is 1. The van der Waals surface area contributed by atoms with E-state index in [0.717, 1.165) is 5.56 Å². The molecule has 2 heterocycles. The van der Waals surface area contributed by atoms with Crippen LogP contribution >= 0.6 is 0 Å². The lowest BCUT2D eigenvalue weighted by atomic mass is 10.1. The molecule has 1 atom stereocenters. The normalized spacial score (nSPS) is 12.2. The molecule has 0 aliphatic carbocycles. The smallest absolute Gasteiger partial charge is 0.128 e. The summed E-state index contributed by atoms with van der Waals surface area (Å²) in [5.74, 6) is -0.129. The highest BCUT2D eigenvalue weighted by molar-refractivity contribution is 5.82. The Bertz CT molecular complexity index is 1210. The summed E-state index contributed by atoms with van der Waals surface area (Å²) >= 11 is 0. The van der Waals surface area contributed by atoms with Crippen LogP contribution in [0.3, 0.4) is 0 Å². The predicted octanol–water partition coefficient (Wildman–Crippen LogP) is 2.67. The summed E-state index contributed by atoms with van der Waals surface area (Å²) in [5, 5.41) is 23.6. The Balaban J connectivity index is 1.80. The van der Waals surface area contributed by atoms with Crippen molar-refractivity contribution in [3.8, 4) is 17.0 Å². The van der Waals surface area contributed by atoms with E-state index in [1.165, 1.54) is 19.2 Å². The monoisotopic (exact) mass is 423 g/mol. The third-order valence-corrected chi connectivity index (χ3v) is 4.85. The zero-order valence-corrected chi connectivity index (χ0v) is 17.1. The number of methoxy groups -OCH3 is 1. The molecule has 0 aliphatic heterocycles. The fraction of sp³-hybridized carbons (Fsp3) is 0.227. The lowest BCUT2D eigenvalue weighted by molar-refractivity contribution is 0.102. The van der Waals surface area contributed by atoms with Crippen LogP contribution in [-0.4, -0.2) is 56.3 Å². The lowest BCUT2D eigenvalue weighted by Crippen LogP contribution is -2.31. The van der Waals surface area contributed by atoms with Gasteiger partial charge in [-0.15, -0.1) is 0 Å². The topological polar surface area (TPSA) is 96.5 Å². The van der Waals surface area contributed by atoms with Gasteiger partial charge in [-0.1, -0.05) is 0 Å². The third kappa shape index (κ3) is 4.47. The number of aliphatic hydroxyl groups is 2. The molecule has 4 aromatic rings. The summed E-state index contributed by atoms with van der Waals surface area (Å²) in [6.07, 6.45) is 4.22. The Morgan fingerprint density at radius 3 is 2.68 bits per heavy atom. The van der Waals surface area contributed by atoms with Gasteiger partial charge in [0.25, 0.3) is 0 Å². The molecule has 0 bridgehead atoms. The summed E-state index contributed by atoms with van der Waals surface area (Å²) in [7, 11) is 3.28. The van der Waals surface area contributed by atoms with Crippen LogP contribution in [0.1, 0.15) is 0 Å². The van der Waals surface area contributed by atoms with Crippen molar-refractivity contribution in [3.63, 3.8) is 0 Å². The lowest BCUT2D eigenvalue weighted by Gasteiger charge is -2.27. The molecule has 0 fully saturated rings. The first kappa shape index (κ1) is 20.7. The minimum atomic E-state index is -1.03. The summed E-state index contributed by atoms with van der Waals surface area (Å²) in [6.45, 7) is -0.383. The molecule has 160 valence electrons. The average Bonchev–Trinajstić information content (AvgIpc) is 3.22. The number of aryl methyl sites for hydroxylation is 1. The number of aromatic nitrogens is 4. The van der Waals surface area contributed by atoms with Crippen LogP contribution in [-0.2, 0) is 7.05 Å². The van der Waals surface area contributed by atoms with Crippen LogP contribution in [0.25, 0.3) is 22.3 Å². The maximum atomic E-state index is 14.2. The summed E-state index contributed by atoms with van der Waals surface area (Å²) in [5.41, 5.74) is 3.96. The largest absolute Gasteiger partial charge is 0.497 e. The first-order valence-corrected chi connectivity index (χ1v) is 9.63. The molecular weight excluding hydrogens is 401 g/mol. The SMILES string of the molecule is COc1cc(F)cc(N(C[C@@H](O)CO)c2ccc3ncc(-c4cnn(C)c4)nc3c2)c1. The van der Waals surface area contributed by atoms with Crippen molar-refractivity contribution >= 4 is 22.4 Å². The van der Waals surface area contributed by atoms with Crippen LogP contribution in [0.2, 0.25) is 0 Å². The van der Waals surface area contributed by atoms with E-state index in [2.05, 4.69) is 10.1 Å². The van der Waals surface area contributed by atoms with Crippen molar-refractivity contribution in [3.05, 3.63) is 60.8 Å². The van der Waals surface area contributed by atoms with Gasteiger partial charge in [-0.2, -0.15) is 5.10 Å². The van der Waals surface area contributed by atoms with Gasteiger partial charge in [-0.05, 0) is 24.3 Å². The second-order valence-corrected chi connectivity index (χ2v) is 7.13. The second-order valence-electron chi connectivity index (χ2n) is 7.13. The van der Waals surface area contributed by atoms with Crippen LogP contribution in [0.15, 0.2) is 55.0 Å². The van der Waals surface area contributed by atoms with E-state index < -0.39 is 18.5 Å². The molecule has 8 nitrogen and oxygen atoms in total. The van der Waals surface area contributed by atoms with E-state index >= 15 is 0 Å². The van der Waals surface area contributed by atoms with Crippen LogP contribution in [0.5, 0.6) is 5.75 Å². The fourth-order valence-electron chi connectivity index (χ4n) is 3.31. The number of hydrogen-bond donors (Lipinski definition) is 2. The molecule has 9 heteroatoms. The average molecular weight is 423 g/mol. The number of halogens is 1. The van der Waals surface area contributed by atoms with Crippen molar-refractivity contribution in [1.29, 1.82) is 0 Å². The van der Waals surface area contributed by atoms with Crippen LogP contribution in [0, 0.1) is 5.82 Å². The number of rotatable bonds is 7. The molecule has 0 saturated heterocycles. The van der Waals surface area contributed by atoms with Gasteiger partial charge in [-0.3, -0.25) is 9.67 Å². The van der Waals surface area contributed by atoms with Crippen LogP contribution in [0.4, 0.5) is 15.8 Å². The maximum Gasteiger partial charge on any atom is 0.128 e. The van der Waals surface area contributed by atoms with E-state index in [0.29, 0.717) is 33.9 Å². The maximum absolute atomic E-state index is 14.2. The Kier molecular flexibility index (Phi) is 5.79. The second kappa shape index (κ2) is 8.66. The van der Waals surface area contributed by atoms with E-state index in [1.54, 1.807) is 34.1 Å². The number of aliphatic hydroxyl groups excluding tert-OH is 2. The van der Waals surface area contributed by atoms with Crippen molar-refractivity contribution in [1.82, 2.24) is 19.7 Å². The molecule has 2 aromatic heterocycles. The van der Waals surface area contributed by atoms with Crippen molar-refractivity contribution in [2.45, 2.75) is 6.10 Å². The molecule has 31 heavy (non-hydrogen) atoms. The van der Waals surface area contributed by atoms with Gasteiger partial charge in [-0.25, -0.2) is 9.37 Å². The molecule has 2 N–H and O–H groups in total. The molecule has 0 spiro atoms. The molecule has 2 aromatic carbocycles. The van der Waals surface area contributed by atoms with E-state index in [-0.39, 0.29) is 6.54 Å². The molecule has 0 aliphatic rings. The predicted molar refractivity (Wildman–Crippen MR) is 115 cm³/mol. The first-order chi connectivity index (χ1) is 15.0. The number of nitrogens with zero attached hydrogens (tertiary/aromatic N) is 5. The van der Waals surface area contributed by atoms with Crippen molar-refractivity contribution in [2.75, 3.05) is 25.2 Å². The Morgan fingerprint density at radius 1 is 1.13 bits per heavy atom. The third-order valence-electron chi connectivity index (χ3n) is 4.85. The first-order valence-electron chi connectivity index (χ1n) is 9.63. The molecular formula is C22H22FN5O3. The van der Waals surface area contributed by atoms with Crippen LogP contribution < -0.4 is 9.64 Å². The summed E-state index contributed by atoms with van der Waals surface area (Å²) < 4.78 is 21.0.